The highest BCUT2D eigenvalue weighted by Crippen LogP contribution is 2.23. The Labute approximate surface area is 131 Å². The molecule has 2 atom stereocenters. The van der Waals surface area contributed by atoms with E-state index in [-0.39, 0.29) is 17.9 Å². The number of allylic oxidation sites excluding steroid dienone is 2. The van der Waals surface area contributed by atoms with Gasteiger partial charge in [0.1, 0.15) is 5.76 Å². The minimum absolute atomic E-state index is 0.0852. The second kappa shape index (κ2) is 7.61. The molecule has 1 fully saturated rings. The van der Waals surface area contributed by atoms with Crippen molar-refractivity contribution in [3.05, 3.63) is 36.3 Å². The van der Waals surface area contributed by atoms with Gasteiger partial charge in [-0.3, -0.25) is 9.69 Å². The van der Waals surface area contributed by atoms with Gasteiger partial charge < -0.3 is 14.5 Å². The van der Waals surface area contributed by atoms with Crippen LogP contribution < -0.4 is 5.32 Å². The van der Waals surface area contributed by atoms with Crippen LogP contribution in [0.25, 0.3) is 0 Å². The Hall–Kier alpha value is -1.59. The molecule has 0 aromatic carbocycles. The molecule has 120 valence electrons. The van der Waals surface area contributed by atoms with Crippen molar-refractivity contribution in [2.24, 2.45) is 5.92 Å². The number of carbonyl (C=O) groups is 1. The van der Waals surface area contributed by atoms with Crippen LogP contribution in [0.2, 0.25) is 0 Å². The number of furan rings is 1. The third-order valence-electron chi connectivity index (χ3n) is 4.47. The fraction of sp³-hybridized carbons (Fsp3) is 0.588. The fourth-order valence-electron chi connectivity index (χ4n) is 3.15. The number of carbonyl (C=O) groups excluding carboxylic acids is 1. The van der Waals surface area contributed by atoms with E-state index in [9.17, 15) is 4.79 Å². The van der Waals surface area contributed by atoms with Gasteiger partial charge in [0, 0.05) is 25.6 Å². The molecular formula is C17H24N2O3. The van der Waals surface area contributed by atoms with Gasteiger partial charge in [0.25, 0.3) is 0 Å². The van der Waals surface area contributed by atoms with Crippen LogP contribution in [-0.4, -0.2) is 43.7 Å². The zero-order valence-corrected chi connectivity index (χ0v) is 12.9. The lowest BCUT2D eigenvalue weighted by Crippen LogP contribution is -2.44. The first-order chi connectivity index (χ1) is 10.8. The van der Waals surface area contributed by atoms with Crippen molar-refractivity contribution in [2.75, 3.05) is 32.8 Å². The SMILES string of the molecule is O=C(NC[C@@H](c1ccco1)N1CCOCC1)[C@@H]1CC=CCC1. The standard InChI is InChI=1S/C17H24N2O3/c20-17(14-5-2-1-3-6-14)18-13-15(16-7-4-10-22-16)19-8-11-21-12-9-19/h1-2,4,7,10,14-15H,3,5-6,8-9,11-13H2,(H,18,20)/t14-,15+/m1/s1. The Balaban J connectivity index is 1.60. The average Bonchev–Trinajstić information content (AvgIpc) is 3.11. The first kappa shape index (κ1) is 15.3. The molecule has 0 spiro atoms. The van der Waals surface area contributed by atoms with Crippen LogP contribution in [0, 0.1) is 5.92 Å². The Bertz CT molecular complexity index is 492. The number of nitrogens with zero attached hydrogens (tertiary/aromatic N) is 1. The van der Waals surface area contributed by atoms with E-state index >= 15 is 0 Å². The minimum atomic E-state index is 0.0852. The summed E-state index contributed by atoms with van der Waals surface area (Å²) in [4.78, 5) is 14.7. The minimum Gasteiger partial charge on any atom is -0.468 e. The number of amides is 1. The van der Waals surface area contributed by atoms with E-state index in [4.69, 9.17) is 9.15 Å². The highest BCUT2D eigenvalue weighted by Gasteiger charge is 2.26. The molecule has 1 aliphatic carbocycles. The van der Waals surface area contributed by atoms with Gasteiger partial charge in [0.05, 0.1) is 25.5 Å². The van der Waals surface area contributed by atoms with E-state index in [1.54, 1.807) is 6.26 Å². The molecule has 22 heavy (non-hydrogen) atoms. The monoisotopic (exact) mass is 304 g/mol. The lowest BCUT2D eigenvalue weighted by molar-refractivity contribution is -0.125. The summed E-state index contributed by atoms with van der Waals surface area (Å²) in [6.07, 6.45) is 8.77. The maximum absolute atomic E-state index is 12.3. The van der Waals surface area contributed by atoms with E-state index in [2.05, 4.69) is 22.4 Å². The van der Waals surface area contributed by atoms with Crippen LogP contribution in [0.15, 0.2) is 35.0 Å². The van der Waals surface area contributed by atoms with Crippen LogP contribution in [0.3, 0.4) is 0 Å². The average molecular weight is 304 g/mol. The Morgan fingerprint density at radius 2 is 2.23 bits per heavy atom. The van der Waals surface area contributed by atoms with Gasteiger partial charge >= 0.3 is 0 Å². The third-order valence-corrected chi connectivity index (χ3v) is 4.47. The van der Waals surface area contributed by atoms with E-state index in [1.165, 1.54) is 0 Å². The number of ether oxygens (including phenoxy) is 1. The first-order valence-corrected chi connectivity index (χ1v) is 8.12. The molecule has 2 aliphatic rings. The first-order valence-electron chi connectivity index (χ1n) is 8.12. The van der Waals surface area contributed by atoms with Crippen molar-refractivity contribution in [3.8, 4) is 0 Å². The van der Waals surface area contributed by atoms with Gasteiger partial charge in [-0.05, 0) is 31.4 Å². The zero-order chi connectivity index (χ0) is 15.2. The number of nitrogens with one attached hydrogen (secondary N) is 1. The van der Waals surface area contributed by atoms with Crippen molar-refractivity contribution < 1.29 is 13.9 Å². The Morgan fingerprint density at radius 1 is 1.36 bits per heavy atom. The Morgan fingerprint density at radius 3 is 2.91 bits per heavy atom. The molecule has 3 rings (SSSR count). The summed E-state index contributed by atoms with van der Waals surface area (Å²) in [7, 11) is 0. The predicted molar refractivity (Wildman–Crippen MR) is 83.3 cm³/mol. The molecule has 5 heteroatoms. The van der Waals surface area contributed by atoms with Gasteiger partial charge in [-0.25, -0.2) is 0 Å². The Kier molecular flexibility index (Phi) is 5.29. The molecule has 0 saturated carbocycles. The fourth-order valence-corrected chi connectivity index (χ4v) is 3.15. The van der Waals surface area contributed by atoms with Crippen molar-refractivity contribution >= 4 is 5.91 Å². The lowest BCUT2D eigenvalue weighted by atomic mass is 9.93. The summed E-state index contributed by atoms with van der Waals surface area (Å²) in [5.74, 6) is 1.19. The number of hydrogen-bond donors (Lipinski definition) is 1. The summed E-state index contributed by atoms with van der Waals surface area (Å²) in [5.41, 5.74) is 0. The van der Waals surface area contributed by atoms with Crippen molar-refractivity contribution in [2.45, 2.75) is 25.3 Å². The van der Waals surface area contributed by atoms with E-state index in [0.717, 1.165) is 51.3 Å². The molecule has 1 N–H and O–H groups in total. The molecular weight excluding hydrogens is 280 g/mol. The van der Waals surface area contributed by atoms with E-state index in [1.807, 2.05) is 12.1 Å². The normalized spacial score (nSPS) is 24.1. The molecule has 1 aliphatic heterocycles. The smallest absolute Gasteiger partial charge is 0.223 e. The molecule has 1 aromatic rings. The van der Waals surface area contributed by atoms with Crippen molar-refractivity contribution in [1.82, 2.24) is 10.2 Å². The van der Waals surface area contributed by atoms with Gasteiger partial charge in [0.2, 0.25) is 5.91 Å². The van der Waals surface area contributed by atoms with Crippen molar-refractivity contribution in [1.29, 1.82) is 0 Å². The largest absolute Gasteiger partial charge is 0.468 e. The van der Waals surface area contributed by atoms with Gasteiger partial charge in [-0.15, -0.1) is 0 Å². The number of hydrogen-bond acceptors (Lipinski definition) is 4. The molecule has 2 heterocycles. The highest BCUT2D eigenvalue weighted by molar-refractivity contribution is 5.79. The lowest BCUT2D eigenvalue weighted by Gasteiger charge is -2.33. The maximum atomic E-state index is 12.3. The summed E-state index contributed by atoms with van der Waals surface area (Å²) in [6.45, 7) is 3.80. The van der Waals surface area contributed by atoms with Crippen molar-refractivity contribution in [3.63, 3.8) is 0 Å². The predicted octanol–water partition coefficient (Wildman–Crippen LogP) is 2.13. The van der Waals surface area contributed by atoms with Crippen LogP contribution in [0.5, 0.6) is 0 Å². The molecule has 1 amide bonds. The summed E-state index contributed by atoms with van der Waals surface area (Å²) < 4.78 is 11.0. The highest BCUT2D eigenvalue weighted by atomic mass is 16.5. The van der Waals surface area contributed by atoms with E-state index in [0.29, 0.717) is 6.54 Å². The molecule has 1 aromatic heterocycles. The van der Waals surface area contributed by atoms with Gasteiger partial charge in [0.15, 0.2) is 0 Å². The molecule has 0 bridgehead atoms. The molecule has 5 nitrogen and oxygen atoms in total. The second-order valence-corrected chi connectivity index (χ2v) is 5.91. The van der Waals surface area contributed by atoms with Crippen LogP contribution >= 0.6 is 0 Å². The van der Waals surface area contributed by atoms with Gasteiger partial charge in [-0.2, -0.15) is 0 Å². The van der Waals surface area contributed by atoms with Gasteiger partial charge in [-0.1, -0.05) is 12.2 Å². The number of morpholine rings is 1. The zero-order valence-electron chi connectivity index (χ0n) is 12.9. The van der Waals surface area contributed by atoms with Crippen LogP contribution in [0.1, 0.15) is 31.1 Å². The quantitative estimate of drug-likeness (QED) is 0.847. The van der Waals surface area contributed by atoms with E-state index < -0.39 is 0 Å². The molecule has 0 radical (unpaired) electrons. The number of rotatable bonds is 5. The maximum Gasteiger partial charge on any atom is 0.223 e. The summed E-state index contributed by atoms with van der Waals surface area (Å²) in [5, 5.41) is 3.12. The molecule has 0 unspecified atom stereocenters. The molecule has 1 saturated heterocycles. The second-order valence-electron chi connectivity index (χ2n) is 5.91. The third kappa shape index (κ3) is 3.78. The summed E-state index contributed by atoms with van der Waals surface area (Å²) in [6, 6.07) is 3.97. The topological polar surface area (TPSA) is 54.7 Å². The van der Waals surface area contributed by atoms with Crippen LogP contribution in [0.4, 0.5) is 0 Å². The van der Waals surface area contributed by atoms with Crippen LogP contribution in [-0.2, 0) is 9.53 Å². The summed E-state index contributed by atoms with van der Waals surface area (Å²) >= 11 is 0.